The molecule has 0 unspecified atom stereocenters. The first kappa shape index (κ1) is 16.0. The maximum Gasteiger partial charge on any atom is 0.276 e. The number of hydrogen-bond acceptors (Lipinski definition) is 5. The van der Waals surface area contributed by atoms with Crippen LogP contribution in [0.4, 0.5) is 0 Å². The highest BCUT2D eigenvalue weighted by molar-refractivity contribution is 6.39. The van der Waals surface area contributed by atoms with E-state index >= 15 is 0 Å². The van der Waals surface area contributed by atoms with Crippen LogP contribution in [0.2, 0.25) is 0 Å². The Morgan fingerprint density at radius 2 is 1.66 bits per heavy atom. The third kappa shape index (κ3) is 1.68. The summed E-state index contributed by atoms with van der Waals surface area (Å²) < 4.78 is 1.80. The summed E-state index contributed by atoms with van der Waals surface area (Å²) in [6.45, 7) is 0. The fourth-order valence-corrected chi connectivity index (χ4v) is 4.67. The molecule has 8 nitrogen and oxygen atoms in total. The number of hydrogen-bond donors (Lipinski definition) is 4. The molecule has 3 heterocycles. The van der Waals surface area contributed by atoms with E-state index in [4.69, 9.17) is 5.84 Å². The molecule has 142 valence electrons. The summed E-state index contributed by atoms with van der Waals surface area (Å²) in [6, 6.07) is 9.88. The molecule has 0 saturated carbocycles. The number of carbonyl (C=O) groups excluding carboxylic acids is 2. The van der Waals surface area contributed by atoms with Gasteiger partial charge in [0, 0.05) is 34.1 Å². The van der Waals surface area contributed by atoms with Gasteiger partial charge in [0.1, 0.15) is 11.5 Å². The van der Waals surface area contributed by atoms with Gasteiger partial charge in [-0.05, 0) is 24.3 Å². The van der Waals surface area contributed by atoms with Crippen LogP contribution in [0.25, 0.3) is 43.6 Å². The summed E-state index contributed by atoms with van der Waals surface area (Å²) in [4.78, 5) is 29.2. The highest BCUT2D eigenvalue weighted by atomic mass is 16.3. The van der Waals surface area contributed by atoms with Crippen LogP contribution in [0.15, 0.2) is 36.4 Å². The number of H-pyrrole nitrogens is 1. The lowest BCUT2D eigenvalue weighted by Crippen LogP contribution is -2.36. The SMILES string of the molecule is Cn1c2c(O)cccc2c2c3c(c4c5cc(O)ccc5[nH]c4c21)C(=O)N(N)C3=O. The van der Waals surface area contributed by atoms with Crippen molar-refractivity contribution in [1.82, 2.24) is 14.6 Å². The van der Waals surface area contributed by atoms with Crippen molar-refractivity contribution < 1.29 is 19.8 Å². The molecule has 5 aromatic rings. The number of nitrogens with two attached hydrogens (primary N) is 1. The van der Waals surface area contributed by atoms with Crippen LogP contribution in [0.1, 0.15) is 20.7 Å². The number of aromatic hydroxyl groups is 2. The number of phenols is 2. The number of aryl methyl sites for hydroxylation is 1. The van der Waals surface area contributed by atoms with E-state index in [1.807, 2.05) is 0 Å². The lowest BCUT2D eigenvalue weighted by atomic mass is 9.96. The standard InChI is InChI=1S/C21H14N4O4/c1-24-18-9(3-2-4-12(18)27)14-16-15(20(28)25(22)21(16)29)13-10-7-8(26)5-6-11(10)23-17(13)19(14)24/h2-7,23,26-27H,22H2,1H3. The minimum Gasteiger partial charge on any atom is -0.508 e. The lowest BCUT2D eigenvalue weighted by Gasteiger charge is -2.05. The number of rotatable bonds is 0. The number of amides is 2. The number of phenolic OH excluding ortho intramolecular Hbond substituents is 2. The third-order valence-electron chi connectivity index (χ3n) is 5.83. The number of aromatic nitrogens is 2. The van der Waals surface area contributed by atoms with Gasteiger partial charge in [0.05, 0.1) is 27.7 Å². The number of nitrogens with zero attached hydrogens (tertiary/aromatic N) is 2. The number of para-hydroxylation sites is 1. The molecule has 0 atom stereocenters. The van der Waals surface area contributed by atoms with Crippen molar-refractivity contribution >= 4 is 55.4 Å². The number of nitrogens with one attached hydrogen (secondary N) is 1. The summed E-state index contributed by atoms with van der Waals surface area (Å²) >= 11 is 0. The minimum atomic E-state index is -0.599. The number of imide groups is 1. The van der Waals surface area contributed by atoms with Gasteiger partial charge in [0.2, 0.25) is 0 Å². The summed E-state index contributed by atoms with van der Waals surface area (Å²) in [5.74, 6) is 4.71. The van der Waals surface area contributed by atoms with Gasteiger partial charge in [-0.2, -0.15) is 0 Å². The Kier molecular flexibility index (Phi) is 2.68. The molecule has 1 aliphatic rings. The second-order valence-electron chi connectivity index (χ2n) is 7.29. The van der Waals surface area contributed by atoms with Crippen molar-refractivity contribution in [2.45, 2.75) is 0 Å². The predicted octanol–water partition coefficient (Wildman–Crippen LogP) is 2.85. The topological polar surface area (TPSA) is 125 Å². The zero-order valence-corrected chi connectivity index (χ0v) is 15.1. The molecule has 0 aliphatic carbocycles. The number of aromatic amines is 1. The van der Waals surface area contributed by atoms with Crippen molar-refractivity contribution in [2.75, 3.05) is 0 Å². The Balaban J connectivity index is 2.04. The van der Waals surface area contributed by atoms with Crippen LogP contribution in [-0.4, -0.2) is 36.6 Å². The van der Waals surface area contributed by atoms with E-state index in [1.54, 1.807) is 48.0 Å². The average molecular weight is 386 g/mol. The van der Waals surface area contributed by atoms with Gasteiger partial charge >= 0.3 is 0 Å². The summed E-state index contributed by atoms with van der Waals surface area (Å²) in [5.41, 5.74) is 2.97. The molecule has 2 amide bonds. The van der Waals surface area contributed by atoms with Crippen LogP contribution in [-0.2, 0) is 7.05 Å². The fourth-order valence-electron chi connectivity index (χ4n) is 4.67. The van der Waals surface area contributed by atoms with E-state index in [9.17, 15) is 19.8 Å². The smallest absolute Gasteiger partial charge is 0.276 e. The van der Waals surface area contributed by atoms with Crippen molar-refractivity contribution in [3.63, 3.8) is 0 Å². The largest absolute Gasteiger partial charge is 0.508 e. The molecule has 5 N–H and O–H groups in total. The molecule has 29 heavy (non-hydrogen) atoms. The van der Waals surface area contributed by atoms with Gasteiger partial charge in [-0.1, -0.05) is 12.1 Å². The number of fused-ring (bicyclic) bond motifs is 10. The highest BCUT2D eigenvalue weighted by Gasteiger charge is 2.40. The Bertz CT molecular complexity index is 1590. The Labute approximate surface area is 162 Å². The van der Waals surface area contributed by atoms with Gasteiger partial charge in [0.25, 0.3) is 11.8 Å². The molecule has 0 spiro atoms. The maximum absolute atomic E-state index is 13.0. The predicted molar refractivity (Wildman–Crippen MR) is 108 cm³/mol. The third-order valence-corrected chi connectivity index (χ3v) is 5.83. The average Bonchev–Trinajstić information content (AvgIpc) is 3.28. The molecule has 2 aromatic heterocycles. The van der Waals surface area contributed by atoms with E-state index in [2.05, 4.69) is 4.98 Å². The van der Waals surface area contributed by atoms with Crippen molar-refractivity contribution in [1.29, 1.82) is 0 Å². The van der Waals surface area contributed by atoms with E-state index in [0.29, 0.717) is 48.6 Å². The molecule has 0 fully saturated rings. The summed E-state index contributed by atoms with van der Waals surface area (Å²) in [5, 5.41) is 23.4. The monoisotopic (exact) mass is 386 g/mol. The van der Waals surface area contributed by atoms with Gasteiger partial charge < -0.3 is 19.8 Å². The zero-order chi connectivity index (χ0) is 20.2. The van der Waals surface area contributed by atoms with E-state index in [0.717, 1.165) is 0 Å². The molecule has 3 aromatic carbocycles. The van der Waals surface area contributed by atoms with Crippen molar-refractivity contribution in [3.05, 3.63) is 47.5 Å². The number of carbonyl (C=O) groups is 2. The Hall–Kier alpha value is -4.04. The minimum absolute atomic E-state index is 0.0447. The Morgan fingerprint density at radius 3 is 2.41 bits per heavy atom. The molecule has 6 rings (SSSR count). The van der Waals surface area contributed by atoms with E-state index < -0.39 is 11.8 Å². The normalized spacial score (nSPS) is 14.2. The number of hydrazine groups is 1. The first-order valence-corrected chi connectivity index (χ1v) is 8.94. The summed E-state index contributed by atoms with van der Waals surface area (Å²) in [7, 11) is 1.79. The van der Waals surface area contributed by atoms with Crippen LogP contribution >= 0.6 is 0 Å². The van der Waals surface area contributed by atoms with Crippen LogP contribution < -0.4 is 5.84 Å². The summed E-state index contributed by atoms with van der Waals surface area (Å²) in [6.07, 6.45) is 0. The first-order chi connectivity index (χ1) is 13.9. The van der Waals surface area contributed by atoms with Crippen LogP contribution in [0.3, 0.4) is 0 Å². The van der Waals surface area contributed by atoms with E-state index in [-0.39, 0.29) is 22.6 Å². The highest BCUT2D eigenvalue weighted by Crippen LogP contribution is 2.45. The molecule has 8 heteroatoms. The maximum atomic E-state index is 13.0. The number of benzene rings is 3. The van der Waals surface area contributed by atoms with Gasteiger partial charge in [-0.15, -0.1) is 0 Å². The molecular formula is C21H14N4O4. The van der Waals surface area contributed by atoms with Crippen LogP contribution in [0.5, 0.6) is 11.5 Å². The van der Waals surface area contributed by atoms with Crippen molar-refractivity contribution in [3.8, 4) is 11.5 Å². The lowest BCUT2D eigenvalue weighted by molar-refractivity contribution is 0.0655. The van der Waals surface area contributed by atoms with E-state index in [1.165, 1.54) is 0 Å². The second-order valence-corrected chi connectivity index (χ2v) is 7.29. The van der Waals surface area contributed by atoms with Gasteiger partial charge in [-0.3, -0.25) is 9.59 Å². The molecule has 0 radical (unpaired) electrons. The Morgan fingerprint density at radius 1 is 0.931 bits per heavy atom. The molecule has 0 bridgehead atoms. The zero-order valence-electron chi connectivity index (χ0n) is 15.1. The van der Waals surface area contributed by atoms with Gasteiger partial charge in [-0.25, -0.2) is 10.9 Å². The van der Waals surface area contributed by atoms with Crippen LogP contribution in [0, 0.1) is 0 Å². The van der Waals surface area contributed by atoms with Crippen molar-refractivity contribution in [2.24, 2.45) is 12.9 Å². The first-order valence-electron chi connectivity index (χ1n) is 8.94. The molecule has 0 saturated heterocycles. The molecule has 1 aliphatic heterocycles. The van der Waals surface area contributed by atoms with Gasteiger partial charge in [0.15, 0.2) is 0 Å². The molecular weight excluding hydrogens is 372 g/mol. The second kappa shape index (κ2) is 4.86. The fraction of sp³-hybridized carbons (Fsp3) is 0.0476. The quantitative estimate of drug-likeness (QED) is 0.185.